The summed E-state index contributed by atoms with van der Waals surface area (Å²) in [5.41, 5.74) is 6.33. The highest BCUT2D eigenvalue weighted by molar-refractivity contribution is 6.39. The van der Waals surface area contributed by atoms with Crippen molar-refractivity contribution in [1.29, 1.82) is 0 Å². The second kappa shape index (κ2) is 11.9. The third-order valence-electron chi connectivity index (χ3n) is 4.77. The molecule has 0 heterocycles. The highest BCUT2D eigenvalue weighted by atomic mass is 35.5. The van der Waals surface area contributed by atoms with Crippen LogP contribution in [0.15, 0.2) is 65.8 Å². The lowest BCUT2D eigenvalue weighted by Crippen LogP contribution is -2.32. The second-order valence-corrected chi connectivity index (χ2v) is 7.97. The molecular weight excluding hydrogens is 454 g/mol. The van der Waals surface area contributed by atoms with E-state index in [-0.39, 0.29) is 0 Å². The van der Waals surface area contributed by atoms with Gasteiger partial charge >= 0.3 is 11.8 Å². The molecule has 0 aliphatic carbocycles. The van der Waals surface area contributed by atoms with Crippen LogP contribution < -0.4 is 20.2 Å². The second-order valence-electron chi connectivity index (χ2n) is 7.53. The van der Waals surface area contributed by atoms with E-state index < -0.39 is 11.8 Å². The fourth-order valence-corrected chi connectivity index (χ4v) is 3.34. The maximum Gasteiger partial charge on any atom is 0.329 e. The Labute approximate surface area is 203 Å². The summed E-state index contributed by atoms with van der Waals surface area (Å²) in [6.07, 6.45) is 1.42. The third kappa shape index (κ3) is 7.08. The summed E-state index contributed by atoms with van der Waals surface area (Å²) >= 11 is 6.02. The zero-order chi connectivity index (χ0) is 24.5. The summed E-state index contributed by atoms with van der Waals surface area (Å²) in [5.74, 6) is -0.574. The minimum absolute atomic E-state index is 0.333. The largest absolute Gasteiger partial charge is 0.490 e. The van der Waals surface area contributed by atoms with Crippen LogP contribution >= 0.6 is 11.6 Å². The van der Waals surface area contributed by atoms with Crippen LogP contribution in [-0.2, 0) is 16.2 Å². The van der Waals surface area contributed by atoms with Gasteiger partial charge in [-0.15, -0.1) is 0 Å². The molecule has 0 bridgehead atoms. The van der Waals surface area contributed by atoms with E-state index in [0.717, 1.165) is 16.7 Å². The molecule has 2 amide bonds. The van der Waals surface area contributed by atoms with E-state index in [2.05, 4.69) is 15.8 Å². The average Bonchev–Trinajstić information content (AvgIpc) is 2.80. The van der Waals surface area contributed by atoms with Crippen LogP contribution in [0.3, 0.4) is 0 Å². The Morgan fingerprint density at radius 2 is 1.79 bits per heavy atom. The van der Waals surface area contributed by atoms with E-state index in [9.17, 15) is 9.59 Å². The number of rotatable bonds is 8. The number of halogens is 1. The van der Waals surface area contributed by atoms with Gasteiger partial charge in [0.25, 0.3) is 0 Å². The molecular formula is C26H26ClN3O4. The molecule has 0 aliphatic heterocycles. The molecule has 0 saturated heterocycles. The minimum atomic E-state index is -0.872. The molecule has 0 spiro atoms. The van der Waals surface area contributed by atoms with Crippen molar-refractivity contribution in [3.8, 4) is 11.5 Å². The van der Waals surface area contributed by atoms with E-state index in [1.54, 1.807) is 30.3 Å². The summed E-state index contributed by atoms with van der Waals surface area (Å²) in [4.78, 5) is 24.2. The first-order valence-electron chi connectivity index (χ1n) is 10.7. The Kier molecular flexibility index (Phi) is 8.65. The summed E-state index contributed by atoms with van der Waals surface area (Å²) in [5, 5.41) is 7.10. The van der Waals surface area contributed by atoms with Gasteiger partial charge in [0, 0.05) is 10.7 Å². The summed E-state index contributed by atoms with van der Waals surface area (Å²) in [6.45, 7) is 6.46. The standard InChI is InChI=1S/C26H26ClN3O4/c1-4-33-24-14-19(9-11-23(24)34-16-20-6-5-7-21(27)13-20)15-28-30-26(32)25(31)29-22-10-8-17(2)12-18(22)3/h5-15H,4,16H2,1-3H3,(H,29,31)(H,30,32). The number of nitrogens with zero attached hydrogens (tertiary/aromatic N) is 1. The number of hydrogen-bond donors (Lipinski definition) is 2. The first-order valence-corrected chi connectivity index (χ1v) is 11.1. The molecule has 0 saturated carbocycles. The Balaban J connectivity index is 1.60. The van der Waals surface area contributed by atoms with Crippen LogP contribution in [0.1, 0.15) is 29.2 Å². The van der Waals surface area contributed by atoms with Crippen LogP contribution in [0, 0.1) is 13.8 Å². The molecule has 8 heteroatoms. The first-order chi connectivity index (χ1) is 16.4. The SMILES string of the molecule is CCOc1cc(C=NNC(=O)C(=O)Nc2ccc(C)cc2C)ccc1OCc1cccc(Cl)c1. The molecule has 34 heavy (non-hydrogen) atoms. The molecule has 0 fully saturated rings. The van der Waals surface area contributed by atoms with Crippen molar-refractivity contribution in [2.75, 3.05) is 11.9 Å². The molecule has 7 nitrogen and oxygen atoms in total. The van der Waals surface area contributed by atoms with E-state index >= 15 is 0 Å². The van der Waals surface area contributed by atoms with Gasteiger partial charge in [0.05, 0.1) is 12.8 Å². The molecule has 0 aliphatic rings. The molecule has 3 aromatic carbocycles. The molecule has 3 rings (SSSR count). The van der Waals surface area contributed by atoms with Gasteiger partial charge in [-0.3, -0.25) is 9.59 Å². The monoisotopic (exact) mass is 479 g/mol. The average molecular weight is 480 g/mol. The van der Waals surface area contributed by atoms with Crippen molar-refractivity contribution in [2.24, 2.45) is 5.10 Å². The van der Waals surface area contributed by atoms with Crippen molar-refractivity contribution in [2.45, 2.75) is 27.4 Å². The number of nitrogens with one attached hydrogen (secondary N) is 2. The number of benzene rings is 3. The molecule has 0 aromatic heterocycles. The lowest BCUT2D eigenvalue weighted by Gasteiger charge is -2.13. The zero-order valence-electron chi connectivity index (χ0n) is 19.2. The predicted molar refractivity (Wildman–Crippen MR) is 134 cm³/mol. The smallest absolute Gasteiger partial charge is 0.329 e. The Bertz CT molecular complexity index is 1210. The third-order valence-corrected chi connectivity index (χ3v) is 5.00. The maximum atomic E-state index is 12.1. The highest BCUT2D eigenvalue weighted by Crippen LogP contribution is 2.29. The van der Waals surface area contributed by atoms with Crippen LogP contribution in [-0.4, -0.2) is 24.6 Å². The van der Waals surface area contributed by atoms with Gasteiger partial charge in [0.1, 0.15) is 6.61 Å². The lowest BCUT2D eigenvalue weighted by molar-refractivity contribution is -0.136. The topological polar surface area (TPSA) is 89.0 Å². The quantitative estimate of drug-likeness (QED) is 0.269. The highest BCUT2D eigenvalue weighted by Gasteiger charge is 2.14. The van der Waals surface area contributed by atoms with Crippen molar-refractivity contribution >= 4 is 35.3 Å². The van der Waals surface area contributed by atoms with E-state index in [4.69, 9.17) is 21.1 Å². The van der Waals surface area contributed by atoms with Crippen LogP contribution in [0.2, 0.25) is 5.02 Å². The number of hydrazone groups is 1. The maximum absolute atomic E-state index is 12.1. The van der Waals surface area contributed by atoms with Gasteiger partial charge in [-0.1, -0.05) is 41.4 Å². The minimum Gasteiger partial charge on any atom is -0.490 e. The molecule has 3 aromatic rings. The van der Waals surface area contributed by atoms with Crippen LogP contribution in [0.5, 0.6) is 11.5 Å². The van der Waals surface area contributed by atoms with Gasteiger partial charge in [-0.2, -0.15) is 5.10 Å². The number of carbonyl (C=O) groups excluding carboxylic acids is 2. The van der Waals surface area contributed by atoms with Crippen molar-refractivity contribution < 1.29 is 19.1 Å². The molecule has 176 valence electrons. The van der Waals surface area contributed by atoms with Crippen LogP contribution in [0.4, 0.5) is 5.69 Å². The Hall–Kier alpha value is -3.84. The van der Waals surface area contributed by atoms with E-state index in [1.165, 1.54) is 6.21 Å². The number of aryl methyl sites for hydroxylation is 2. The zero-order valence-corrected chi connectivity index (χ0v) is 20.0. The van der Waals surface area contributed by atoms with Crippen LogP contribution in [0.25, 0.3) is 0 Å². The fraction of sp³-hybridized carbons (Fsp3) is 0.192. The van der Waals surface area contributed by atoms with Gasteiger partial charge in [-0.25, -0.2) is 5.43 Å². The molecule has 0 atom stereocenters. The number of amides is 2. The Morgan fingerprint density at radius 3 is 2.53 bits per heavy atom. The molecule has 0 radical (unpaired) electrons. The fourth-order valence-electron chi connectivity index (χ4n) is 3.13. The van der Waals surface area contributed by atoms with Gasteiger partial charge in [0.15, 0.2) is 11.5 Å². The van der Waals surface area contributed by atoms with Crippen molar-refractivity contribution in [3.63, 3.8) is 0 Å². The summed E-state index contributed by atoms with van der Waals surface area (Å²) < 4.78 is 11.6. The van der Waals surface area contributed by atoms with Gasteiger partial charge < -0.3 is 14.8 Å². The van der Waals surface area contributed by atoms with Gasteiger partial charge in [-0.05, 0) is 73.9 Å². The Morgan fingerprint density at radius 1 is 0.971 bits per heavy atom. The normalized spacial score (nSPS) is 10.7. The lowest BCUT2D eigenvalue weighted by atomic mass is 10.1. The first kappa shape index (κ1) is 24.8. The predicted octanol–water partition coefficient (Wildman–Crippen LogP) is 5.02. The number of anilines is 1. The number of carbonyl (C=O) groups is 2. The molecule has 0 unspecified atom stereocenters. The molecule has 2 N–H and O–H groups in total. The number of ether oxygens (including phenoxy) is 2. The summed E-state index contributed by atoms with van der Waals surface area (Å²) in [6, 6.07) is 18.2. The summed E-state index contributed by atoms with van der Waals surface area (Å²) in [7, 11) is 0. The van der Waals surface area contributed by atoms with E-state index in [1.807, 2.05) is 51.1 Å². The van der Waals surface area contributed by atoms with Crippen molar-refractivity contribution in [3.05, 3.63) is 87.9 Å². The van der Waals surface area contributed by atoms with Gasteiger partial charge in [0.2, 0.25) is 0 Å². The van der Waals surface area contributed by atoms with E-state index in [0.29, 0.717) is 41.0 Å². The van der Waals surface area contributed by atoms with Crippen molar-refractivity contribution in [1.82, 2.24) is 5.43 Å². The number of hydrogen-bond acceptors (Lipinski definition) is 5.